The van der Waals surface area contributed by atoms with Crippen LogP contribution in [0.25, 0.3) is 0 Å². The van der Waals surface area contributed by atoms with Gasteiger partial charge in [0.05, 0.1) is 39.6 Å². The molecule has 326 valence electrons. The summed E-state index contributed by atoms with van der Waals surface area (Å²) in [4.78, 5) is 37.1. The third-order valence-electron chi connectivity index (χ3n) is 10.00. The number of benzene rings is 4. The molecular formula is C47H54O14. The van der Waals surface area contributed by atoms with Gasteiger partial charge in [-0.25, -0.2) is 0 Å². The van der Waals surface area contributed by atoms with E-state index in [2.05, 4.69) is 0 Å². The standard InChI is InChI=1S/C47H54O14/c1-31(48)57-41-39(60-46(51-4)45(59-33(3)50)43(41)58-32(2)49)30-56-47-44(55-28-37-23-15-8-16-24-37)42(54-27-36-21-13-7-14-22-36)40(61-47)38(53-26-35-19-11-6-12-20-35)29-52-25-34-17-9-5-10-18-34/h5-24,38-47H,25-30H2,1-4H3/t38-,39-,40+,41-,42+,43+,44-,45-,46+,47?/m1/s1. The highest BCUT2D eigenvalue weighted by Crippen LogP contribution is 2.35. The number of ether oxygens (including phenoxy) is 11. The number of methoxy groups -OCH3 is 1. The van der Waals surface area contributed by atoms with Crippen LogP contribution in [0.3, 0.4) is 0 Å². The summed E-state index contributed by atoms with van der Waals surface area (Å²) in [6.07, 6.45) is -10.4. The Morgan fingerprint density at radius 1 is 0.508 bits per heavy atom. The fourth-order valence-electron chi connectivity index (χ4n) is 7.23. The summed E-state index contributed by atoms with van der Waals surface area (Å²) in [6, 6.07) is 39.0. The van der Waals surface area contributed by atoms with Gasteiger partial charge in [0.1, 0.15) is 30.5 Å². The van der Waals surface area contributed by atoms with Crippen LogP contribution in [-0.4, -0.2) is 99.6 Å². The third-order valence-corrected chi connectivity index (χ3v) is 10.00. The smallest absolute Gasteiger partial charge is 0.303 e. The third kappa shape index (κ3) is 13.5. The highest BCUT2D eigenvalue weighted by Gasteiger charge is 2.54. The average Bonchev–Trinajstić information content (AvgIpc) is 3.61. The van der Waals surface area contributed by atoms with Crippen molar-refractivity contribution in [2.45, 2.75) is 109 Å². The molecule has 4 aromatic rings. The van der Waals surface area contributed by atoms with Crippen molar-refractivity contribution in [3.05, 3.63) is 144 Å². The molecule has 14 nitrogen and oxygen atoms in total. The Bertz CT molecular complexity index is 1920. The highest BCUT2D eigenvalue weighted by atomic mass is 16.8. The van der Waals surface area contributed by atoms with Gasteiger partial charge in [-0.3, -0.25) is 14.4 Å². The van der Waals surface area contributed by atoms with Crippen molar-refractivity contribution >= 4 is 17.9 Å². The Kier molecular flexibility index (Phi) is 17.3. The first-order valence-corrected chi connectivity index (χ1v) is 20.2. The molecule has 0 spiro atoms. The Morgan fingerprint density at radius 2 is 0.967 bits per heavy atom. The molecule has 0 bridgehead atoms. The number of carbonyl (C=O) groups is 3. The van der Waals surface area contributed by atoms with Crippen LogP contribution in [0.2, 0.25) is 0 Å². The van der Waals surface area contributed by atoms with Gasteiger partial charge in [0, 0.05) is 27.9 Å². The number of carbonyl (C=O) groups excluding carboxylic acids is 3. The molecule has 0 saturated carbocycles. The molecule has 0 radical (unpaired) electrons. The summed E-state index contributed by atoms with van der Waals surface area (Å²) < 4.78 is 68.3. The fourth-order valence-corrected chi connectivity index (χ4v) is 7.23. The van der Waals surface area contributed by atoms with Gasteiger partial charge in [-0.15, -0.1) is 0 Å². The molecule has 2 aliphatic rings. The molecule has 6 rings (SSSR count). The second kappa shape index (κ2) is 23.3. The Morgan fingerprint density at radius 3 is 1.48 bits per heavy atom. The van der Waals surface area contributed by atoms with Crippen molar-refractivity contribution in [2.24, 2.45) is 0 Å². The van der Waals surface area contributed by atoms with E-state index in [-0.39, 0.29) is 33.0 Å². The SMILES string of the molecule is CO[C@H]1O[C@H](COC2O[C@@H]([C@@H](COCc3ccccc3)OCc3ccccc3)[C@H](OCc3ccccc3)[C@H]2OCc2ccccc2)[C@@H](OC(C)=O)[C@H](OC(C)=O)[C@H]1OC(C)=O. The van der Waals surface area contributed by atoms with Crippen molar-refractivity contribution in [2.75, 3.05) is 20.3 Å². The first kappa shape index (κ1) is 45.5. The summed E-state index contributed by atoms with van der Waals surface area (Å²) >= 11 is 0. The van der Waals surface area contributed by atoms with E-state index in [1.54, 1.807) is 0 Å². The van der Waals surface area contributed by atoms with Crippen LogP contribution < -0.4 is 0 Å². The summed E-state index contributed by atoms with van der Waals surface area (Å²) in [5.41, 5.74) is 3.78. The minimum absolute atomic E-state index is 0.132. The molecule has 0 N–H and O–H groups in total. The van der Waals surface area contributed by atoms with E-state index < -0.39 is 79.3 Å². The Balaban J connectivity index is 1.32. The van der Waals surface area contributed by atoms with E-state index in [1.165, 1.54) is 27.9 Å². The summed E-state index contributed by atoms with van der Waals surface area (Å²) in [7, 11) is 1.35. The Hall–Kier alpha value is -5.03. The van der Waals surface area contributed by atoms with Crippen molar-refractivity contribution in [1.29, 1.82) is 0 Å². The predicted molar refractivity (Wildman–Crippen MR) is 218 cm³/mol. The lowest BCUT2D eigenvalue weighted by molar-refractivity contribution is -0.311. The molecule has 14 heteroatoms. The molecule has 4 aromatic carbocycles. The van der Waals surface area contributed by atoms with Gasteiger partial charge in [0.25, 0.3) is 0 Å². The number of esters is 3. The molecule has 2 fully saturated rings. The lowest BCUT2D eigenvalue weighted by Gasteiger charge is -2.44. The van der Waals surface area contributed by atoms with Crippen molar-refractivity contribution < 1.29 is 66.5 Å². The lowest BCUT2D eigenvalue weighted by Crippen LogP contribution is -2.62. The van der Waals surface area contributed by atoms with Gasteiger partial charge in [-0.1, -0.05) is 121 Å². The van der Waals surface area contributed by atoms with Crippen LogP contribution >= 0.6 is 0 Å². The summed E-state index contributed by atoms with van der Waals surface area (Å²) in [5.74, 6) is -2.09. The number of hydrogen-bond acceptors (Lipinski definition) is 14. The second-order valence-corrected chi connectivity index (χ2v) is 14.7. The zero-order valence-electron chi connectivity index (χ0n) is 34.8. The first-order chi connectivity index (χ1) is 29.7. The van der Waals surface area contributed by atoms with Crippen molar-refractivity contribution in [3.8, 4) is 0 Å². The highest BCUT2D eigenvalue weighted by molar-refractivity contribution is 5.68. The molecule has 2 aliphatic heterocycles. The van der Waals surface area contributed by atoms with E-state index >= 15 is 0 Å². The monoisotopic (exact) mass is 842 g/mol. The molecule has 10 atom stereocenters. The largest absolute Gasteiger partial charge is 0.456 e. The van der Waals surface area contributed by atoms with E-state index in [0.717, 1.165) is 22.3 Å². The van der Waals surface area contributed by atoms with E-state index in [0.29, 0.717) is 6.61 Å². The average molecular weight is 843 g/mol. The van der Waals surface area contributed by atoms with Crippen molar-refractivity contribution in [1.82, 2.24) is 0 Å². The maximum Gasteiger partial charge on any atom is 0.303 e. The van der Waals surface area contributed by atoms with E-state index in [4.69, 9.17) is 52.1 Å². The lowest BCUT2D eigenvalue weighted by atomic mass is 9.98. The topological polar surface area (TPSA) is 153 Å². The maximum atomic E-state index is 12.5. The van der Waals surface area contributed by atoms with Crippen LogP contribution in [0.5, 0.6) is 0 Å². The molecule has 0 aromatic heterocycles. The van der Waals surface area contributed by atoms with Crippen LogP contribution in [0.4, 0.5) is 0 Å². The molecule has 2 saturated heterocycles. The minimum atomic E-state index is -1.31. The summed E-state index contributed by atoms with van der Waals surface area (Å²) in [5, 5.41) is 0. The zero-order valence-corrected chi connectivity index (χ0v) is 34.8. The zero-order chi connectivity index (χ0) is 43.0. The van der Waals surface area contributed by atoms with E-state index in [9.17, 15) is 14.4 Å². The summed E-state index contributed by atoms with van der Waals surface area (Å²) in [6.45, 7) is 4.43. The van der Waals surface area contributed by atoms with Crippen LogP contribution in [0, 0.1) is 0 Å². The molecule has 1 unspecified atom stereocenters. The molecule has 61 heavy (non-hydrogen) atoms. The molecule has 0 amide bonds. The normalized spacial score (nSPS) is 25.3. The quantitative estimate of drug-likeness (QED) is 0.0727. The fraction of sp³-hybridized carbons (Fsp3) is 0.426. The Labute approximate surface area is 356 Å². The molecular weight excluding hydrogens is 789 g/mol. The number of hydrogen-bond donors (Lipinski definition) is 0. The first-order valence-electron chi connectivity index (χ1n) is 20.2. The minimum Gasteiger partial charge on any atom is -0.456 e. The maximum absolute atomic E-state index is 12.5. The predicted octanol–water partition coefficient (Wildman–Crippen LogP) is 5.87. The van der Waals surface area contributed by atoms with Gasteiger partial charge in [-0.2, -0.15) is 0 Å². The van der Waals surface area contributed by atoms with Crippen molar-refractivity contribution in [3.63, 3.8) is 0 Å². The van der Waals surface area contributed by atoms with E-state index in [1.807, 2.05) is 121 Å². The molecule has 0 aliphatic carbocycles. The van der Waals surface area contributed by atoms with Crippen LogP contribution in [0.15, 0.2) is 121 Å². The van der Waals surface area contributed by atoms with Gasteiger partial charge >= 0.3 is 17.9 Å². The van der Waals surface area contributed by atoms with Crippen LogP contribution in [-0.2, 0) is 92.9 Å². The molecule has 2 heterocycles. The van der Waals surface area contributed by atoms with Gasteiger partial charge in [-0.05, 0) is 22.3 Å². The van der Waals surface area contributed by atoms with Crippen LogP contribution in [0.1, 0.15) is 43.0 Å². The van der Waals surface area contributed by atoms with Gasteiger partial charge < -0.3 is 52.1 Å². The van der Waals surface area contributed by atoms with Gasteiger partial charge in [0.15, 0.2) is 30.9 Å². The van der Waals surface area contributed by atoms with Gasteiger partial charge in [0.2, 0.25) is 0 Å². The second-order valence-electron chi connectivity index (χ2n) is 14.7. The number of rotatable bonds is 21.